The molecular weight excluding hydrogens is 465 g/mol. The Labute approximate surface area is 202 Å². The topological polar surface area (TPSA) is 79.8 Å². The highest BCUT2D eigenvalue weighted by molar-refractivity contribution is 6.36. The van der Waals surface area contributed by atoms with Gasteiger partial charge in [-0.15, -0.1) is 10.2 Å². The van der Waals surface area contributed by atoms with Crippen LogP contribution in [0, 0.1) is 0 Å². The molecule has 172 valence electrons. The number of halogens is 2. The van der Waals surface area contributed by atoms with Crippen LogP contribution in [0.25, 0.3) is 11.3 Å². The number of urea groups is 1. The Balaban J connectivity index is 1.38. The van der Waals surface area contributed by atoms with Crippen molar-refractivity contribution < 1.29 is 14.3 Å². The molecule has 0 aliphatic carbocycles. The molecule has 0 atom stereocenters. The van der Waals surface area contributed by atoms with Crippen LogP contribution in [0.15, 0.2) is 48.5 Å². The molecular formula is C23H23Cl2N5O3. The Hall–Kier alpha value is -3.23. The number of hydrogen-bond donors (Lipinski definition) is 1. The van der Waals surface area contributed by atoms with Gasteiger partial charge in [0.15, 0.2) is 5.82 Å². The van der Waals surface area contributed by atoms with Gasteiger partial charge < -0.3 is 24.6 Å². The molecule has 10 heteroatoms. The first kappa shape index (κ1) is 22.9. The predicted molar refractivity (Wildman–Crippen MR) is 130 cm³/mol. The van der Waals surface area contributed by atoms with Gasteiger partial charge in [-0.3, -0.25) is 0 Å². The fourth-order valence-corrected chi connectivity index (χ4v) is 4.14. The summed E-state index contributed by atoms with van der Waals surface area (Å²) < 4.78 is 10.7. The van der Waals surface area contributed by atoms with Gasteiger partial charge in [0.1, 0.15) is 17.2 Å². The lowest BCUT2D eigenvalue weighted by molar-refractivity contribution is 0.207. The minimum Gasteiger partial charge on any atom is -0.494 e. The number of hydrogen-bond acceptors (Lipinski definition) is 6. The number of aromatic nitrogens is 2. The Morgan fingerprint density at radius 3 is 2.21 bits per heavy atom. The van der Waals surface area contributed by atoms with Gasteiger partial charge in [-0.2, -0.15) is 0 Å². The molecule has 0 spiro atoms. The highest BCUT2D eigenvalue weighted by Crippen LogP contribution is 2.34. The van der Waals surface area contributed by atoms with Gasteiger partial charge in [0.25, 0.3) is 0 Å². The molecule has 0 saturated carbocycles. The molecule has 1 N–H and O–H groups in total. The zero-order chi connectivity index (χ0) is 23.4. The van der Waals surface area contributed by atoms with Crippen LogP contribution < -0.4 is 19.7 Å². The van der Waals surface area contributed by atoms with Crippen LogP contribution in [0.5, 0.6) is 11.5 Å². The van der Waals surface area contributed by atoms with Crippen LogP contribution in [0.1, 0.15) is 0 Å². The zero-order valence-electron chi connectivity index (χ0n) is 18.2. The molecule has 1 fully saturated rings. The Bertz CT molecular complexity index is 1110. The lowest BCUT2D eigenvalue weighted by Gasteiger charge is -2.35. The number of amides is 2. The number of methoxy groups -OCH3 is 2. The van der Waals surface area contributed by atoms with Crippen LogP contribution in [-0.4, -0.2) is 61.5 Å². The van der Waals surface area contributed by atoms with Gasteiger partial charge in [-0.1, -0.05) is 29.3 Å². The van der Waals surface area contributed by atoms with Crippen LogP contribution in [0.2, 0.25) is 10.0 Å². The van der Waals surface area contributed by atoms with E-state index in [2.05, 4.69) is 20.4 Å². The van der Waals surface area contributed by atoms with Crippen molar-refractivity contribution in [3.8, 4) is 22.8 Å². The maximum Gasteiger partial charge on any atom is 0.322 e. The molecule has 0 bridgehead atoms. The molecule has 0 radical (unpaired) electrons. The number of anilines is 2. The van der Waals surface area contributed by atoms with Crippen molar-refractivity contribution >= 4 is 40.7 Å². The van der Waals surface area contributed by atoms with Crippen molar-refractivity contribution in [2.75, 3.05) is 50.6 Å². The first-order valence-electron chi connectivity index (χ1n) is 10.3. The number of benzene rings is 2. The van der Waals surface area contributed by atoms with Gasteiger partial charge in [-0.05, 0) is 42.5 Å². The summed E-state index contributed by atoms with van der Waals surface area (Å²) in [6.45, 7) is 2.34. The summed E-state index contributed by atoms with van der Waals surface area (Å²) in [5, 5.41) is 12.7. The van der Waals surface area contributed by atoms with Crippen LogP contribution in [0.4, 0.5) is 16.3 Å². The number of nitrogens with zero attached hydrogens (tertiary/aromatic N) is 4. The Morgan fingerprint density at radius 1 is 0.939 bits per heavy atom. The van der Waals surface area contributed by atoms with Gasteiger partial charge in [0, 0.05) is 36.8 Å². The first-order valence-corrected chi connectivity index (χ1v) is 11.1. The van der Waals surface area contributed by atoms with Crippen molar-refractivity contribution in [3.05, 3.63) is 58.6 Å². The van der Waals surface area contributed by atoms with Crippen LogP contribution in [0.3, 0.4) is 0 Å². The minimum atomic E-state index is -0.212. The van der Waals surface area contributed by atoms with E-state index in [9.17, 15) is 4.79 Å². The largest absolute Gasteiger partial charge is 0.494 e. The average Bonchev–Trinajstić information content (AvgIpc) is 2.84. The van der Waals surface area contributed by atoms with Gasteiger partial charge >= 0.3 is 6.03 Å². The number of piperazine rings is 1. The van der Waals surface area contributed by atoms with Crippen molar-refractivity contribution in [1.29, 1.82) is 0 Å². The molecule has 4 rings (SSSR count). The third-order valence-electron chi connectivity index (χ3n) is 5.41. The number of nitrogens with one attached hydrogen (secondary N) is 1. The van der Waals surface area contributed by atoms with E-state index < -0.39 is 0 Å². The lowest BCUT2D eigenvalue weighted by Crippen LogP contribution is -2.50. The second-order valence-corrected chi connectivity index (χ2v) is 8.19. The normalized spacial score (nSPS) is 13.6. The molecule has 33 heavy (non-hydrogen) atoms. The summed E-state index contributed by atoms with van der Waals surface area (Å²) in [4.78, 5) is 16.7. The highest BCUT2D eigenvalue weighted by atomic mass is 35.5. The minimum absolute atomic E-state index is 0.212. The van der Waals surface area contributed by atoms with E-state index in [1.165, 1.54) is 0 Å². The summed E-state index contributed by atoms with van der Waals surface area (Å²) in [5.74, 6) is 1.82. The van der Waals surface area contributed by atoms with E-state index in [0.717, 1.165) is 11.4 Å². The third-order valence-corrected chi connectivity index (χ3v) is 5.96. The molecule has 3 aromatic rings. The van der Waals surface area contributed by atoms with E-state index in [4.69, 9.17) is 32.7 Å². The third kappa shape index (κ3) is 5.07. The zero-order valence-corrected chi connectivity index (χ0v) is 19.7. The molecule has 2 aromatic carbocycles. The van der Waals surface area contributed by atoms with Crippen LogP contribution >= 0.6 is 23.2 Å². The Kier molecular flexibility index (Phi) is 7.05. The van der Waals surface area contributed by atoms with E-state index in [1.807, 2.05) is 18.2 Å². The first-order chi connectivity index (χ1) is 16.0. The number of carbonyl (C=O) groups is 1. The summed E-state index contributed by atoms with van der Waals surface area (Å²) in [5.41, 5.74) is 1.95. The summed E-state index contributed by atoms with van der Waals surface area (Å²) in [6, 6.07) is 14.2. The summed E-state index contributed by atoms with van der Waals surface area (Å²) >= 11 is 12.2. The van der Waals surface area contributed by atoms with Crippen molar-refractivity contribution in [3.63, 3.8) is 0 Å². The van der Waals surface area contributed by atoms with E-state index in [0.29, 0.717) is 59.1 Å². The fraction of sp³-hybridized carbons (Fsp3) is 0.261. The molecule has 1 saturated heterocycles. The molecule has 1 aromatic heterocycles. The molecule has 2 heterocycles. The van der Waals surface area contributed by atoms with E-state index >= 15 is 0 Å². The predicted octanol–water partition coefficient (Wildman–Crippen LogP) is 4.82. The van der Waals surface area contributed by atoms with Gasteiger partial charge in [-0.25, -0.2) is 4.79 Å². The molecule has 1 aliphatic heterocycles. The lowest BCUT2D eigenvalue weighted by atomic mass is 10.1. The fourth-order valence-electron chi connectivity index (χ4n) is 3.63. The summed E-state index contributed by atoms with van der Waals surface area (Å²) in [7, 11) is 3.10. The van der Waals surface area contributed by atoms with Crippen molar-refractivity contribution in [1.82, 2.24) is 15.1 Å². The molecule has 8 nitrogen and oxygen atoms in total. The number of carbonyl (C=O) groups excluding carboxylic acids is 1. The highest BCUT2D eigenvalue weighted by Gasteiger charge is 2.24. The summed E-state index contributed by atoms with van der Waals surface area (Å²) in [6.07, 6.45) is 0. The second-order valence-electron chi connectivity index (χ2n) is 7.34. The molecule has 0 unspecified atom stereocenters. The van der Waals surface area contributed by atoms with Crippen molar-refractivity contribution in [2.45, 2.75) is 0 Å². The standard InChI is InChI=1S/C23H23Cl2N5O3/c1-32-19-4-3-5-20(33-2)22(19)26-23(31)30-12-10-29(11-13-30)21-9-8-18(27-28-21)16-7-6-15(24)14-17(16)25/h3-9,14H,10-13H2,1-2H3,(H,26,31). The monoisotopic (exact) mass is 487 g/mol. The quantitative estimate of drug-likeness (QED) is 0.555. The smallest absolute Gasteiger partial charge is 0.322 e. The Morgan fingerprint density at radius 2 is 1.64 bits per heavy atom. The number of rotatable bonds is 5. The van der Waals surface area contributed by atoms with Crippen molar-refractivity contribution in [2.24, 2.45) is 0 Å². The van der Waals surface area contributed by atoms with E-state index in [-0.39, 0.29) is 6.03 Å². The van der Waals surface area contributed by atoms with Crippen LogP contribution in [-0.2, 0) is 0 Å². The maximum atomic E-state index is 12.8. The molecule has 2 amide bonds. The number of ether oxygens (including phenoxy) is 2. The van der Waals surface area contributed by atoms with E-state index in [1.54, 1.807) is 49.5 Å². The number of para-hydroxylation sites is 1. The average molecular weight is 488 g/mol. The van der Waals surface area contributed by atoms with Gasteiger partial charge in [0.2, 0.25) is 0 Å². The second kappa shape index (κ2) is 10.1. The van der Waals surface area contributed by atoms with Gasteiger partial charge in [0.05, 0.1) is 24.9 Å². The maximum absolute atomic E-state index is 12.8. The SMILES string of the molecule is COc1cccc(OC)c1NC(=O)N1CCN(c2ccc(-c3ccc(Cl)cc3Cl)nn2)CC1. The molecule has 1 aliphatic rings.